The van der Waals surface area contributed by atoms with Gasteiger partial charge in [0.15, 0.2) is 0 Å². The van der Waals surface area contributed by atoms with E-state index in [1.165, 1.54) is 0 Å². The largest absolute Gasteiger partial charge is 0.454 e. The summed E-state index contributed by atoms with van der Waals surface area (Å²) in [5.41, 5.74) is 2.44. The van der Waals surface area contributed by atoms with Crippen LogP contribution in [-0.4, -0.2) is 15.5 Å². The Balaban J connectivity index is 2.70. The van der Waals surface area contributed by atoms with Crippen LogP contribution in [0.4, 0.5) is 0 Å². The van der Waals surface area contributed by atoms with Gasteiger partial charge in [-0.05, 0) is 20.8 Å². The van der Waals surface area contributed by atoms with E-state index >= 15 is 0 Å². The minimum Gasteiger partial charge on any atom is -0.454 e. The molecule has 0 atom stereocenters. The minimum absolute atomic E-state index is 0.191. The smallest absolute Gasteiger partial charge is 0.333 e. The fraction of sp³-hybridized carbons (Fsp3) is 0.455. The van der Waals surface area contributed by atoms with Crippen LogP contribution >= 0.6 is 0 Å². The lowest BCUT2D eigenvalue weighted by atomic mass is 10.4. The fourth-order valence-electron chi connectivity index (χ4n) is 1.17. The molecule has 1 aromatic rings. The zero-order valence-electron chi connectivity index (χ0n) is 9.63. The quantitative estimate of drug-likeness (QED) is 0.560. The highest BCUT2D eigenvalue weighted by atomic mass is 16.5. The first-order valence-electron chi connectivity index (χ1n) is 4.75. The standard InChI is InChI=1S/C11H16N2O2/c1-7(2)11(14)15-6-10-12-8(3)9(4)13(10)5/h1,6H2,2-5H3. The molecule has 4 heteroatoms. The van der Waals surface area contributed by atoms with Gasteiger partial charge in [-0.15, -0.1) is 0 Å². The Kier molecular flexibility index (Phi) is 3.29. The number of ether oxygens (including phenoxy) is 1. The van der Waals surface area contributed by atoms with Crippen molar-refractivity contribution in [1.82, 2.24) is 9.55 Å². The molecule has 0 bridgehead atoms. The predicted molar refractivity (Wildman–Crippen MR) is 57.3 cm³/mol. The van der Waals surface area contributed by atoms with Gasteiger partial charge < -0.3 is 9.30 Å². The van der Waals surface area contributed by atoms with Crippen LogP contribution in [0.3, 0.4) is 0 Å². The molecule has 4 nitrogen and oxygen atoms in total. The molecule has 0 unspecified atom stereocenters. The first-order valence-corrected chi connectivity index (χ1v) is 4.75. The summed E-state index contributed by atoms with van der Waals surface area (Å²) in [6.45, 7) is 9.23. The van der Waals surface area contributed by atoms with Gasteiger partial charge in [0.2, 0.25) is 0 Å². The maximum absolute atomic E-state index is 11.2. The lowest BCUT2D eigenvalue weighted by Gasteiger charge is -2.04. The van der Waals surface area contributed by atoms with Crippen LogP contribution in [0.25, 0.3) is 0 Å². The van der Waals surface area contributed by atoms with E-state index in [2.05, 4.69) is 11.6 Å². The summed E-state index contributed by atoms with van der Waals surface area (Å²) in [6.07, 6.45) is 0. The molecule has 0 spiro atoms. The molecule has 0 aliphatic rings. The number of carbonyl (C=O) groups is 1. The topological polar surface area (TPSA) is 44.1 Å². The van der Waals surface area contributed by atoms with E-state index in [9.17, 15) is 4.79 Å². The SMILES string of the molecule is C=C(C)C(=O)OCc1nc(C)c(C)n1C. The molecule has 0 saturated carbocycles. The van der Waals surface area contributed by atoms with E-state index in [0.717, 1.165) is 17.2 Å². The molecule has 0 radical (unpaired) electrons. The van der Waals surface area contributed by atoms with Crippen molar-refractivity contribution in [2.24, 2.45) is 7.05 Å². The third kappa shape index (κ3) is 2.46. The Morgan fingerprint density at radius 2 is 2.13 bits per heavy atom. The van der Waals surface area contributed by atoms with Crippen LogP contribution in [-0.2, 0) is 23.2 Å². The van der Waals surface area contributed by atoms with Crippen molar-refractivity contribution in [2.75, 3.05) is 0 Å². The average molecular weight is 208 g/mol. The Morgan fingerprint density at radius 3 is 2.53 bits per heavy atom. The third-order valence-corrected chi connectivity index (χ3v) is 2.39. The van der Waals surface area contributed by atoms with E-state index in [4.69, 9.17) is 4.74 Å². The van der Waals surface area contributed by atoms with Crippen LogP contribution < -0.4 is 0 Å². The van der Waals surface area contributed by atoms with Crippen LogP contribution in [0.2, 0.25) is 0 Å². The van der Waals surface area contributed by atoms with Gasteiger partial charge in [0, 0.05) is 18.3 Å². The van der Waals surface area contributed by atoms with E-state index in [-0.39, 0.29) is 12.6 Å². The second-order valence-electron chi connectivity index (χ2n) is 3.61. The molecular formula is C11H16N2O2. The van der Waals surface area contributed by atoms with Crippen LogP contribution in [0.1, 0.15) is 24.1 Å². The third-order valence-electron chi connectivity index (χ3n) is 2.39. The molecule has 0 saturated heterocycles. The summed E-state index contributed by atoms with van der Waals surface area (Å²) in [6, 6.07) is 0. The molecule has 15 heavy (non-hydrogen) atoms. The first kappa shape index (κ1) is 11.5. The number of aromatic nitrogens is 2. The number of aryl methyl sites for hydroxylation is 1. The molecule has 82 valence electrons. The lowest BCUT2D eigenvalue weighted by molar-refractivity contribution is -0.140. The molecule has 0 amide bonds. The Morgan fingerprint density at radius 1 is 1.53 bits per heavy atom. The molecular weight excluding hydrogens is 192 g/mol. The number of esters is 1. The van der Waals surface area contributed by atoms with Gasteiger partial charge in [-0.3, -0.25) is 0 Å². The molecule has 0 aromatic carbocycles. The summed E-state index contributed by atoms with van der Waals surface area (Å²) < 4.78 is 6.93. The average Bonchev–Trinajstić information content (AvgIpc) is 2.42. The summed E-state index contributed by atoms with van der Waals surface area (Å²) in [4.78, 5) is 15.5. The van der Waals surface area contributed by atoms with Gasteiger partial charge in [0.1, 0.15) is 12.4 Å². The number of hydrogen-bond acceptors (Lipinski definition) is 3. The van der Waals surface area contributed by atoms with E-state index in [1.54, 1.807) is 6.92 Å². The molecule has 1 aromatic heterocycles. The van der Waals surface area contributed by atoms with Crippen molar-refractivity contribution in [3.63, 3.8) is 0 Å². The molecule has 0 N–H and O–H groups in total. The highest BCUT2D eigenvalue weighted by molar-refractivity contribution is 5.86. The van der Waals surface area contributed by atoms with Crippen molar-refractivity contribution in [3.05, 3.63) is 29.4 Å². The van der Waals surface area contributed by atoms with Crippen molar-refractivity contribution in [2.45, 2.75) is 27.4 Å². The van der Waals surface area contributed by atoms with E-state index in [1.807, 2.05) is 25.5 Å². The predicted octanol–water partition coefficient (Wildman–Crippen LogP) is 1.66. The second kappa shape index (κ2) is 4.29. The number of carbonyl (C=O) groups excluding carboxylic acids is 1. The zero-order valence-corrected chi connectivity index (χ0v) is 9.63. The summed E-state index contributed by atoms with van der Waals surface area (Å²) >= 11 is 0. The van der Waals surface area contributed by atoms with Crippen LogP contribution in [0.5, 0.6) is 0 Å². The molecule has 1 rings (SSSR count). The summed E-state index contributed by atoms with van der Waals surface area (Å²) in [7, 11) is 1.90. The van der Waals surface area contributed by atoms with Crippen molar-refractivity contribution >= 4 is 5.97 Å². The molecule has 0 aliphatic carbocycles. The molecule has 0 aliphatic heterocycles. The van der Waals surface area contributed by atoms with Crippen LogP contribution in [0, 0.1) is 13.8 Å². The van der Waals surface area contributed by atoms with Crippen molar-refractivity contribution in [3.8, 4) is 0 Å². The van der Waals surface area contributed by atoms with Crippen molar-refractivity contribution < 1.29 is 9.53 Å². The second-order valence-corrected chi connectivity index (χ2v) is 3.61. The Bertz CT molecular complexity index is 405. The fourth-order valence-corrected chi connectivity index (χ4v) is 1.17. The normalized spacial score (nSPS) is 10.1. The monoisotopic (exact) mass is 208 g/mol. The van der Waals surface area contributed by atoms with Gasteiger partial charge in [0.25, 0.3) is 0 Å². The zero-order chi connectivity index (χ0) is 11.6. The Hall–Kier alpha value is -1.58. The van der Waals surface area contributed by atoms with E-state index < -0.39 is 0 Å². The highest BCUT2D eigenvalue weighted by Crippen LogP contribution is 2.09. The van der Waals surface area contributed by atoms with Gasteiger partial charge in [-0.25, -0.2) is 9.78 Å². The van der Waals surface area contributed by atoms with Gasteiger partial charge >= 0.3 is 5.97 Å². The maximum atomic E-state index is 11.2. The van der Waals surface area contributed by atoms with Crippen LogP contribution in [0.15, 0.2) is 12.2 Å². The number of nitrogens with zero attached hydrogens (tertiary/aromatic N) is 2. The van der Waals surface area contributed by atoms with E-state index in [0.29, 0.717) is 5.57 Å². The maximum Gasteiger partial charge on any atom is 0.333 e. The molecule has 1 heterocycles. The van der Waals surface area contributed by atoms with Crippen molar-refractivity contribution in [1.29, 1.82) is 0 Å². The van der Waals surface area contributed by atoms with Gasteiger partial charge in [0.05, 0.1) is 5.69 Å². The summed E-state index contributed by atoms with van der Waals surface area (Å²) in [5, 5.41) is 0. The first-order chi connectivity index (χ1) is 6.93. The lowest BCUT2D eigenvalue weighted by Crippen LogP contribution is -2.08. The number of rotatable bonds is 3. The highest BCUT2D eigenvalue weighted by Gasteiger charge is 2.10. The molecule has 0 fully saturated rings. The minimum atomic E-state index is -0.381. The number of hydrogen-bond donors (Lipinski definition) is 0. The number of imidazole rings is 1. The summed E-state index contributed by atoms with van der Waals surface area (Å²) in [5.74, 6) is 0.368. The Labute approximate surface area is 89.6 Å². The van der Waals surface area contributed by atoms with Gasteiger partial charge in [-0.1, -0.05) is 6.58 Å². The van der Waals surface area contributed by atoms with Gasteiger partial charge in [-0.2, -0.15) is 0 Å².